The summed E-state index contributed by atoms with van der Waals surface area (Å²) >= 11 is 0. The fourth-order valence-electron chi connectivity index (χ4n) is 1.71. The van der Waals surface area contributed by atoms with Crippen molar-refractivity contribution in [3.05, 3.63) is 5.82 Å². The van der Waals surface area contributed by atoms with Gasteiger partial charge in [-0.2, -0.15) is 26.9 Å². The van der Waals surface area contributed by atoms with Gasteiger partial charge in [0.15, 0.2) is 0 Å². The molecule has 19 heavy (non-hydrogen) atoms. The van der Waals surface area contributed by atoms with Crippen molar-refractivity contribution in [3.8, 4) is 0 Å². The Morgan fingerprint density at radius 3 is 2.47 bits per heavy atom. The van der Waals surface area contributed by atoms with Gasteiger partial charge in [-0.25, -0.2) is 0 Å². The van der Waals surface area contributed by atoms with E-state index in [-0.39, 0.29) is 5.95 Å². The normalized spacial score (nSPS) is 18.5. The van der Waals surface area contributed by atoms with E-state index in [0.717, 1.165) is 13.0 Å². The summed E-state index contributed by atoms with van der Waals surface area (Å²) in [6.07, 6.45) is -4.95. The summed E-state index contributed by atoms with van der Waals surface area (Å²) in [5.74, 6) is -6.64. The fourth-order valence-corrected chi connectivity index (χ4v) is 1.71. The SMILES string of the molecule is FC(F)(F)C(F)(F)c1nc(N2CCCNCC2)n[nH]1. The third-order valence-corrected chi connectivity index (χ3v) is 2.75. The molecule has 0 radical (unpaired) electrons. The lowest BCUT2D eigenvalue weighted by molar-refractivity contribution is -0.292. The first-order valence-electron chi connectivity index (χ1n) is 5.65. The maximum absolute atomic E-state index is 13.0. The smallest absolute Gasteiger partial charge is 0.338 e. The number of nitrogens with zero attached hydrogens (tertiary/aromatic N) is 3. The number of hydrogen-bond acceptors (Lipinski definition) is 4. The molecule has 108 valence electrons. The molecule has 1 aliphatic heterocycles. The number of aromatic nitrogens is 3. The molecule has 1 aromatic heterocycles. The van der Waals surface area contributed by atoms with E-state index < -0.39 is 17.9 Å². The van der Waals surface area contributed by atoms with Crippen LogP contribution < -0.4 is 10.2 Å². The van der Waals surface area contributed by atoms with Gasteiger partial charge in [0.25, 0.3) is 0 Å². The number of anilines is 1. The second-order valence-electron chi connectivity index (χ2n) is 4.15. The van der Waals surface area contributed by atoms with E-state index in [1.54, 1.807) is 10.00 Å². The van der Waals surface area contributed by atoms with Crippen molar-refractivity contribution in [1.29, 1.82) is 0 Å². The van der Waals surface area contributed by atoms with E-state index in [4.69, 9.17) is 0 Å². The quantitative estimate of drug-likeness (QED) is 0.803. The van der Waals surface area contributed by atoms with Crippen LogP contribution in [0.2, 0.25) is 0 Å². The summed E-state index contributed by atoms with van der Waals surface area (Å²) in [6.45, 7) is 2.31. The van der Waals surface area contributed by atoms with Gasteiger partial charge in [-0.3, -0.25) is 5.10 Å². The van der Waals surface area contributed by atoms with Gasteiger partial charge in [0.2, 0.25) is 11.8 Å². The average molecular weight is 285 g/mol. The number of aromatic amines is 1. The Labute approximate surface area is 105 Å². The highest BCUT2D eigenvalue weighted by molar-refractivity contribution is 5.29. The van der Waals surface area contributed by atoms with E-state index in [1.165, 1.54) is 0 Å². The monoisotopic (exact) mass is 285 g/mol. The first-order valence-corrected chi connectivity index (χ1v) is 5.65. The van der Waals surface area contributed by atoms with Crippen LogP contribution in [0.3, 0.4) is 0 Å². The Hall–Kier alpha value is -1.45. The molecule has 2 N–H and O–H groups in total. The van der Waals surface area contributed by atoms with Crippen LogP contribution in [0.1, 0.15) is 12.2 Å². The predicted octanol–water partition coefficient (Wildman–Crippen LogP) is 1.26. The van der Waals surface area contributed by atoms with Crippen molar-refractivity contribution in [2.24, 2.45) is 0 Å². The Bertz CT molecular complexity index is 421. The highest BCUT2D eigenvalue weighted by Crippen LogP contribution is 2.42. The van der Waals surface area contributed by atoms with Gasteiger partial charge < -0.3 is 10.2 Å². The first-order chi connectivity index (χ1) is 8.82. The van der Waals surface area contributed by atoms with Gasteiger partial charge in [0.05, 0.1) is 0 Å². The van der Waals surface area contributed by atoms with Gasteiger partial charge in [-0.15, -0.1) is 5.10 Å². The number of halogens is 5. The van der Waals surface area contributed by atoms with Crippen LogP contribution in [0.15, 0.2) is 0 Å². The molecule has 0 aliphatic carbocycles. The average Bonchev–Trinajstić information content (AvgIpc) is 2.65. The van der Waals surface area contributed by atoms with E-state index in [1.807, 2.05) is 0 Å². The lowest BCUT2D eigenvalue weighted by Crippen LogP contribution is -2.35. The van der Waals surface area contributed by atoms with Crippen molar-refractivity contribution < 1.29 is 22.0 Å². The Kier molecular flexibility index (Phi) is 3.61. The Morgan fingerprint density at radius 2 is 1.79 bits per heavy atom. The predicted molar refractivity (Wildman–Crippen MR) is 56.0 cm³/mol. The topological polar surface area (TPSA) is 56.8 Å². The van der Waals surface area contributed by atoms with E-state index in [2.05, 4.69) is 15.4 Å². The Balaban J connectivity index is 2.18. The second kappa shape index (κ2) is 4.91. The van der Waals surface area contributed by atoms with Crippen LogP contribution in [0.4, 0.5) is 27.9 Å². The van der Waals surface area contributed by atoms with E-state index >= 15 is 0 Å². The molecule has 0 aromatic carbocycles. The lowest BCUT2D eigenvalue weighted by atomic mass is 10.3. The maximum Gasteiger partial charge on any atom is 0.461 e. The number of nitrogens with one attached hydrogen (secondary N) is 2. The zero-order chi connectivity index (χ0) is 14.1. The molecule has 0 spiro atoms. The molecule has 2 heterocycles. The number of rotatable bonds is 2. The Morgan fingerprint density at radius 1 is 1.05 bits per heavy atom. The molecule has 1 saturated heterocycles. The van der Waals surface area contributed by atoms with Gasteiger partial charge >= 0.3 is 12.1 Å². The zero-order valence-electron chi connectivity index (χ0n) is 9.77. The fraction of sp³-hybridized carbons (Fsp3) is 0.778. The van der Waals surface area contributed by atoms with Crippen LogP contribution >= 0.6 is 0 Å². The molecule has 0 unspecified atom stereocenters. The minimum Gasteiger partial charge on any atom is -0.338 e. The molecule has 1 fully saturated rings. The molecule has 1 aliphatic rings. The van der Waals surface area contributed by atoms with Gasteiger partial charge in [0, 0.05) is 19.6 Å². The second-order valence-corrected chi connectivity index (χ2v) is 4.15. The minimum absolute atomic E-state index is 0.136. The van der Waals surface area contributed by atoms with Gasteiger partial charge in [0.1, 0.15) is 0 Å². The zero-order valence-corrected chi connectivity index (χ0v) is 9.77. The highest BCUT2D eigenvalue weighted by Gasteiger charge is 2.61. The van der Waals surface area contributed by atoms with Gasteiger partial charge in [-0.1, -0.05) is 0 Å². The molecule has 2 rings (SSSR count). The summed E-state index contributed by atoms with van der Waals surface area (Å²) in [5, 5.41) is 8.19. The van der Waals surface area contributed by atoms with Crippen molar-refractivity contribution in [3.63, 3.8) is 0 Å². The molecule has 5 nitrogen and oxygen atoms in total. The van der Waals surface area contributed by atoms with Crippen LogP contribution in [0, 0.1) is 0 Å². The molecular formula is C9H12F5N5. The third kappa shape index (κ3) is 2.77. The molecule has 0 bridgehead atoms. The highest BCUT2D eigenvalue weighted by atomic mass is 19.4. The summed E-state index contributed by atoms with van der Waals surface area (Å²) in [6, 6.07) is 0. The van der Waals surface area contributed by atoms with Crippen molar-refractivity contribution in [2.75, 3.05) is 31.1 Å². The summed E-state index contributed by atoms with van der Waals surface area (Å²) in [5.41, 5.74) is 0. The van der Waals surface area contributed by atoms with Gasteiger partial charge in [-0.05, 0) is 13.0 Å². The van der Waals surface area contributed by atoms with E-state index in [9.17, 15) is 22.0 Å². The summed E-state index contributed by atoms with van der Waals surface area (Å²) < 4.78 is 62.6. The standard InChI is InChI=1S/C9H12F5N5/c10-8(11,9(12,13)14)6-16-7(18-17-6)19-4-1-2-15-3-5-19/h15H,1-5H2,(H,16,17,18). The van der Waals surface area contributed by atoms with Crippen LogP contribution in [0.25, 0.3) is 0 Å². The molecule has 0 atom stereocenters. The maximum atomic E-state index is 13.0. The van der Waals surface area contributed by atoms with Crippen LogP contribution in [-0.4, -0.2) is 47.5 Å². The molecule has 0 amide bonds. The van der Waals surface area contributed by atoms with E-state index in [0.29, 0.717) is 19.6 Å². The van der Waals surface area contributed by atoms with Crippen LogP contribution in [0.5, 0.6) is 0 Å². The number of H-pyrrole nitrogens is 1. The molecule has 10 heteroatoms. The van der Waals surface area contributed by atoms with Crippen molar-refractivity contribution >= 4 is 5.95 Å². The molecule has 0 saturated carbocycles. The summed E-state index contributed by atoms with van der Waals surface area (Å²) in [7, 11) is 0. The largest absolute Gasteiger partial charge is 0.461 e. The third-order valence-electron chi connectivity index (χ3n) is 2.75. The lowest BCUT2D eigenvalue weighted by Gasteiger charge is -2.18. The number of alkyl halides is 5. The summed E-state index contributed by atoms with van der Waals surface area (Å²) in [4.78, 5) is 4.84. The van der Waals surface area contributed by atoms with Crippen molar-refractivity contribution in [1.82, 2.24) is 20.5 Å². The minimum atomic E-state index is -5.69. The van der Waals surface area contributed by atoms with Crippen molar-refractivity contribution in [2.45, 2.75) is 18.5 Å². The first kappa shape index (κ1) is 14.0. The number of hydrogen-bond donors (Lipinski definition) is 2. The molecule has 1 aromatic rings. The molecular weight excluding hydrogens is 273 g/mol. The van der Waals surface area contributed by atoms with Crippen LogP contribution in [-0.2, 0) is 5.92 Å².